The summed E-state index contributed by atoms with van der Waals surface area (Å²) >= 11 is 0. The van der Waals surface area contributed by atoms with E-state index in [0.717, 1.165) is 38.5 Å². The topological polar surface area (TPSA) is 192 Å². The number of nitrogens with two attached hydrogens (primary N) is 1. The molecule has 13 heteroatoms. The summed E-state index contributed by atoms with van der Waals surface area (Å²) < 4.78 is 32.7. The van der Waals surface area contributed by atoms with Gasteiger partial charge in [0.25, 0.3) is 0 Å². The average Bonchev–Trinajstić information content (AvgIpc) is 3.41. The molecular formula is C41H74NO11P. The maximum absolute atomic E-state index is 12.7. The van der Waals surface area contributed by atoms with Crippen molar-refractivity contribution in [2.45, 2.75) is 180 Å². The molecule has 1 unspecified atom stereocenters. The van der Waals surface area contributed by atoms with E-state index in [9.17, 15) is 34.1 Å². The van der Waals surface area contributed by atoms with Crippen molar-refractivity contribution >= 4 is 25.5 Å². The van der Waals surface area contributed by atoms with Gasteiger partial charge in [0.2, 0.25) is 0 Å². The van der Waals surface area contributed by atoms with Crippen LogP contribution in [-0.2, 0) is 37.5 Å². The van der Waals surface area contributed by atoms with Gasteiger partial charge >= 0.3 is 19.8 Å². The minimum atomic E-state index is -4.45. The lowest BCUT2D eigenvalue weighted by Gasteiger charge is -2.19. The number of esters is 2. The third kappa shape index (κ3) is 26.0. The smallest absolute Gasteiger partial charge is 0.462 e. The Kier molecular flexibility index (Phi) is 29.9. The van der Waals surface area contributed by atoms with E-state index in [-0.39, 0.29) is 56.6 Å². The molecule has 0 spiro atoms. The van der Waals surface area contributed by atoms with Crippen molar-refractivity contribution in [1.29, 1.82) is 0 Å². The Labute approximate surface area is 325 Å². The van der Waals surface area contributed by atoms with Crippen LogP contribution in [-0.4, -0.2) is 77.5 Å². The van der Waals surface area contributed by atoms with E-state index in [1.54, 1.807) is 12.2 Å². The Morgan fingerprint density at radius 2 is 1.43 bits per heavy atom. The Balaban J connectivity index is 2.45. The van der Waals surface area contributed by atoms with Gasteiger partial charge in [-0.15, -0.1) is 0 Å². The molecule has 0 bridgehead atoms. The van der Waals surface area contributed by atoms with E-state index in [4.69, 9.17) is 24.3 Å². The zero-order chi connectivity index (χ0) is 39.9. The summed E-state index contributed by atoms with van der Waals surface area (Å²) in [5.74, 6) is -1.76. The summed E-state index contributed by atoms with van der Waals surface area (Å²) in [4.78, 5) is 47.5. The summed E-state index contributed by atoms with van der Waals surface area (Å²) in [5.41, 5.74) is 5.33. The number of hydrogen-bond donors (Lipinski definition) is 4. The van der Waals surface area contributed by atoms with Crippen molar-refractivity contribution in [2.75, 3.05) is 26.4 Å². The molecule has 6 atom stereocenters. The Hall–Kier alpha value is -1.92. The van der Waals surface area contributed by atoms with Crippen molar-refractivity contribution in [1.82, 2.24) is 0 Å². The standard InChI is InChI=1S/C41H74NO11P/c1-3-5-7-8-9-10-11-12-13-14-15-16-21-25-40(46)50-32-35(33-52-54(48,49)51-30-29-42)53-41(47)26-22-18-17-20-24-36-37(39(45)31-38(36)44)28-27-34(43)23-19-6-4-2/h17,20,27-28,34-37,39,43,45H,3-16,18-19,21-26,29-33,42H2,1-2H3,(H,48,49)/b20-17-,28-27+/t34-,35+,36+,37+,39+/m0/s1. The highest BCUT2D eigenvalue weighted by Gasteiger charge is 2.39. The van der Waals surface area contributed by atoms with Gasteiger partial charge in [-0.1, -0.05) is 134 Å². The molecule has 0 amide bonds. The molecule has 1 aliphatic carbocycles. The number of carbonyl (C=O) groups is 3. The van der Waals surface area contributed by atoms with Gasteiger partial charge in [-0.05, 0) is 32.1 Å². The molecule has 5 N–H and O–H groups in total. The van der Waals surface area contributed by atoms with Crippen molar-refractivity contribution in [3.8, 4) is 0 Å². The van der Waals surface area contributed by atoms with Gasteiger partial charge in [0.15, 0.2) is 6.10 Å². The van der Waals surface area contributed by atoms with Crippen LogP contribution >= 0.6 is 7.82 Å². The van der Waals surface area contributed by atoms with Gasteiger partial charge in [0, 0.05) is 37.6 Å². The highest BCUT2D eigenvalue weighted by atomic mass is 31.2. The maximum Gasteiger partial charge on any atom is 0.472 e. The molecule has 1 rings (SSSR count). The van der Waals surface area contributed by atoms with E-state index in [2.05, 4.69) is 13.8 Å². The van der Waals surface area contributed by atoms with E-state index in [1.165, 1.54) is 57.8 Å². The van der Waals surface area contributed by atoms with Crippen LogP contribution in [0.5, 0.6) is 0 Å². The van der Waals surface area contributed by atoms with Crippen molar-refractivity contribution < 1.29 is 52.6 Å². The Morgan fingerprint density at radius 1 is 0.833 bits per heavy atom. The van der Waals surface area contributed by atoms with Crippen LogP contribution in [0, 0.1) is 11.8 Å². The molecule has 0 radical (unpaired) electrons. The van der Waals surface area contributed by atoms with Gasteiger partial charge in [-0.3, -0.25) is 23.4 Å². The van der Waals surface area contributed by atoms with Crippen molar-refractivity contribution in [3.63, 3.8) is 0 Å². The maximum atomic E-state index is 12.7. The number of aliphatic hydroxyl groups excluding tert-OH is 2. The fourth-order valence-electron chi connectivity index (χ4n) is 6.50. The predicted molar refractivity (Wildman–Crippen MR) is 211 cm³/mol. The predicted octanol–water partition coefficient (Wildman–Crippen LogP) is 8.20. The lowest BCUT2D eigenvalue weighted by atomic mass is 9.90. The molecular weight excluding hydrogens is 713 g/mol. The first-order chi connectivity index (χ1) is 26.0. The summed E-state index contributed by atoms with van der Waals surface area (Å²) in [6.45, 7) is 3.31. The second-order valence-electron chi connectivity index (χ2n) is 14.6. The third-order valence-electron chi connectivity index (χ3n) is 9.71. The molecule has 0 aromatic rings. The lowest BCUT2D eigenvalue weighted by molar-refractivity contribution is -0.161. The Morgan fingerprint density at radius 3 is 2.06 bits per heavy atom. The molecule has 12 nitrogen and oxygen atoms in total. The molecule has 1 fully saturated rings. The molecule has 1 saturated carbocycles. The molecule has 0 aromatic carbocycles. The molecule has 1 aliphatic rings. The van der Waals surface area contributed by atoms with Gasteiger partial charge in [0.1, 0.15) is 12.4 Å². The lowest BCUT2D eigenvalue weighted by Crippen LogP contribution is -2.29. The van der Waals surface area contributed by atoms with Gasteiger partial charge in [-0.25, -0.2) is 4.57 Å². The van der Waals surface area contributed by atoms with Crippen LogP contribution < -0.4 is 5.73 Å². The number of allylic oxidation sites excluding steroid dienone is 2. The number of ether oxygens (including phenoxy) is 2. The largest absolute Gasteiger partial charge is 0.472 e. The second kappa shape index (κ2) is 32.2. The first kappa shape index (κ1) is 50.1. The van der Waals surface area contributed by atoms with E-state index in [1.807, 2.05) is 12.2 Å². The fourth-order valence-corrected chi connectivity index (χ4v) is 7.26. The third-order valence-corrected chi connectivity index (χ3v) is 10.7. The van der Waals surface area contributed by atoms with Crippen LogP contribution in [0.15, 0.2) is 24.3 Å². The van der Waals surface area contributed by atoms with Gasteiger partial charge < -0.3 is 30.3 Å². The van der Waals surface area contributed by atoms with Gasteiger partial charge in [-0.2, -0.15) is 0 Å². The fraction of sp³-hybridized carbons (Fsp3) is 0.829. The first-order valence-corrected chi connectivity index (χ1v) is 22.4. The first-order valence-electron chi connectivity index (χ1n) is 20.9. The molecule has 0 heterocycles. The minimum absolute atomic E-state index is 0.00925. The monoisotopic (exact) mass is 787 g/mol. The van der Waals surface area contributed by atoms with Crippen LogP contribution in [0.25, 0.3) is 0 Å². The van der Waals surface area contributed by atoms with Crippen molar-refractivity contribution in [3.05, 3.63) is 24.3 Å². The number of phosphoric acid groups is 1. The van der Waals surface area contributed by atoms with E-state index >= 15 is 0 Å². The van der Waals surface area contributed by atoms with Crippen LogP contribution in [0.1, 0.15) is 162 Å². The quantitative estimate of drug-likeness (QED) is 0.0209. The molecule has 314 valence electrons. The van der Waals surface area contributed by atoms with Crippen LogP contribution in [0.2, 0.25) is 0 Å². The minimum Gasteiger partial charge on any atom is -0.462 e. The zero-order valence-electron chi connectivity index (χ0n) is 33.4. The number of hydrogen-bond acceptors (Lipinski definition) is 11. The number of unbranched alkanes of at least 4 members (excludes halogenated alkanes) is 15. The molecule has 0 saturated heterocycles. The number of ketones is 1. The highest BCUT2D eigenvalue weighted by Crippen LogP contribution is 2.43. The Bertz CT molecular complexity index is 1100. The number of carbonyl (C=O) groups excluding carboxylic acids is 3. The summed E-state index contributed by atoms with van der Waals surface area (Å²) in [6, 6.07) is 0. The number of phosphoric ester groups is 1. The number of aliphatic hydroxyl groups is 2. The zero-order valence-corrected chi connectivity index (χ0v) is 34.3. The number of rotatable bonds is 35. The second-order valence-corrected chi connectivity index (χ2v) is 16.1. The van der Waals surface area contributed by atoms with Gasteiger partial charge in [0.05, 0.1) is 25.4 Å². The van der Waals surface area contributed by atoms with Crippen molar-refractivity contribution in [2.24, 2.45) is 17.6 Å². The normalized spacial score (nSPS) is 19.7. The number of Topliss-reactive ketones (excluding diaryl/α,β-unsaturated/α-hetero) is 1. The highest BCUT2D eigenvalue weighted by molar-refractivity contribution is 7.47. The van der Waals surface area contributed by atoms with E-state index < -0.39 is 44.7 Å². The van der Waals surface area contributed by atoms with E-state index in [0.29, 0.717) is 32.1 Å². The SMILES string of the molecule is CCCCCCCCCCCCCCCC(=O)OC[C@H](COP(=O)(O)OCCN)OC(=O)CCC/C=C\C[C@H]1C(=O)C[C@@H](O)[C@@H]1/C=C/[C@@H](O)CCCCC. The van der Waals surface area contributed by atoms with Crippen LogP contribution in [0.4, 0.5) is 0 Å². The molecule has 0 aliphatic heterocycles. The average molecular weight is 788 g/mol. The summed E-state index contributed by atoms with van der Waals surface area (Å²) in [7, 11) is -4.45. The summed E-state index contributed by atoms with van der Waals surface area (Å²) in [6.07, 6.45) is 25.7. The summed E-state index contributed by atoms with van der Waals surface area (Å²) in [5, 5.41) is 20.7. The molecule has 54 heavy (non-hydrogen) atoms. The molecule has 0 aromatic heterocycles. The van der Waals surface area contributed by atoms with Crippen LogP contribution in [0.3, 0.4) is 0 Å².